The Kier molecular flexibility index (Phi) is 6.30. The molecule has 1 aromatic rings. The van der Waals surface area contributed by atoms with E-state index in [1.807, 2.05) is 13.8 Å². The van der Waals surface area contributed by atoms with Gasteiger partial charge in [-0.1, -0.05) is 0 Å². The first kappa shape index (κ1) is 18.7. The van der Waals surface area contributed by atoms with Crippen molar-refractivity contribution >= 4 is 23.1 Å². The van der Waals surface area contributed by atoms with Crippen molar-refractivity contribution in [1.29, 1.82) is 0 Å². The van der Waals surface area contributed by atoms with Crippen LogP contribution in [0, 0.1) is 6.92 Å². The molecule has 0 aliphatic rings. The van der Waals surface area contributed by atoms with Crippen LogP contribution < -0.4 is 10.9 Å². The molecule has 0 bridgehead atoms. The summed E-state index contributed by atoms with van der Waals surface area (Å²) in [6.07, 6.45) is 0. The fraction of sp³-hybridized carbons (Fsp3) is 0.471. The Morgan fingerprint density at radius 1 is 1.17 bits per heavy atom. The van der Waals surface area contributed by atoms with Gasteiger partial charge >= 0.3 is 5.63 Å². The van der Waals surface area contributed by atoms with Crippen molar-refractivity contribution in [3.8, 4) is 0 Å². The molecule has 0 atom stereocenters. The fourth-order valence-electron chi connectivity index (χ4n) is 2.31. The second-order valence-corrected chi connectivity index (χ2v) is 5.33. The summed E-state index contributed by atoms with van der Waals surface area (Å²) < 4.78 is 5.18. The van der Waals surface area contributed by atoms with Gasteiger partial charge in [0, 0.05) is 31.1 Å². The summed E-state index contributed by atoms with van der Waals surface area (Å²) in [4.78, 5) is 37.1. The molecule has 0 aliphatic heterocycles. The minimum Gasteiger partial charge on any atom is -0.426 e. The van der Waals surface area contributed by atoms with Gasteiger partial charge in [-0.25, -0.2) is 4.79 Å². The molecule has 1 aromatic heterocycles. The zero-order valence-corrected chi connectivity index (χ0v) is 14.6. The third-order valence-electron chi connectivity index (χ3n) is 3.78. The molecule has 0 aromatic carbocycles. The number of amides is 2. The topological polar surface area (TPSA) is 79.6 Å². The van der Waals surface area contributed by atoms with Crippen molar-refractivity contribution in [3.63, 3.8) is 0 Å². The number of rotatable bonds is 5. The van der Waals surface area contributed by atoms with Gasteiger partial charge in [0.1, 0.15) is 11.4 Å². The first-order valence-corrected chi connectivity index (χ1v) is 7.62. The lowest BCUT2D eigenvalue weighted by Gasteiger charge is -2.20. The molecule has 0 unspecified atom stereocenters. The van der Waals surface area contributed by atoms with Gasteiger partial charge in [0.15, 0.2) is 0 Å². The Balaban J connectivity index is 3.38. The van der Waals surface area contributed by atoms with E-state index in [2.05, 4.69) is 5.32 Å². The number of aryl methyl sites for hydroxylation is 1. The third kappa shape index (κ3) is 4.31. The molecule has 0 spiro atoms. The molecule has 0 aliphatic carbocycles. The number of likely N-dealkylation sites (N-methyl/N-ethyl adjacent to an activating group) is 1. The maximum Gasteiger partial charge on any atom is 0.359 e. The molecule has 1 N–H and O–H groups in total. The normalized spacial score (nSPS) is 11.7. The quantitative estimate of drug-likeness (QED) is 0.846. The Hall–Kier alpha value is -2.37. The maximum absolute atomic E-state index is 12.5. The Morgan fingerprint density at radius 3 is 2.22 bits per heavy atom. The van der Waals surface area contributed by atoms with Crippen molar-refractivity contribution in [2.75, 3.05) is 18.4 Å². The van der Waals surface area contributed by atoms with Gasteiger partial charge in [0.25, 0.3) is 0 Å². The minimum absolute atomic E-state index is 0.0563. The Labute approximate surface area is 136 Å². The molecule has 0 fully saturated rings. The highest BCUT2D eigenvalue weighted by Gasteiger charge is 2.18. The first-order chi connectivity index (χ1) is 10.7. The largest absolute Gasteiger partial charge is 0.426 e. The van der Waals surface area contributed by atoms with Crippen LogP contribution in [0.3, 0.4) is 0 Å². The van der Waals surface area contributed by atoms with Crippen LogP contribution in [0.2, 0.25) is 0 Å². The summed E-state index contributed by atoms with van der Waals surface area (Å²) in [6, 6.07) is 1.55. The monoisotopic (exact) mass is 320 g/mol. The predicted molar refractivity (Wildman–Crippen MR) is 90.2 cm³/mol. The molecule has 1 rings (SSSR count). The van der Waals surface area contributed by atoms with Crippen LogP contribution in [0.25, 0.3) is 5.57 Å². The van der Waals surface area contributed by atoms with Gasteiger partial charge in [0.05, 0.1) is 0 Å². The van der Waals surface area contributed by atoms with E-state index in [4.69, 9.17) is 4.42 Å². The number of carbonyl (C=O) groups excluding carboxylic acids is 2. The summed E-state index contributed by atoms with van der Waals surface area (Å²) in [5.74, 6) is -0.00264. The van der Waals surface area contributed by atoms with Gasteiger partial charge in [-0.05, 0) is 46.3 Å². The molecule has 23 heavy (non-hydrogen) atoms. The molecule has 0 radical (unpaired) electrons. The smallest absolute Gasteiger partial charge is 0.359 e. The van der Waals surface area contributed by atoms with Crippen LogP contribution in [0.1, 0.15) is 45.9 Å². The van der Waals surface area contributed by atoms with Crippen molar-refractivity contribution in [3.05, 3.63) is 33.4 Å². The van der Waals surface area contributed by atoms with Gasteiger partial charge in [-0.2, -0.15) is 0 Å². The lowest BCUT2D eigenvalue weighted by molar-refractivity contribution is -0.126. The zero-order valence-electron chi connectivity index (χ0n) is 14.6. The van der Waals surface area contributed by atoms with Crippen molar-refractivity contribution < 1.29 is 14.0 Å². The second-order valence-electron chi connectivity index (χ2n) is 5.33. The molecule has 126 valence electrons. The van der Waals surface area contributed by atoms with Crippen LogP contribution in [-0.4, -0.2) is 29.8 Å². The highest BCUT2D eigenvalue weighted by Crippen LogP contribution is 2.24. The predicted octanol–water partition coefficient (Wildman–Crippen LogP) is 2.57. The molecular formula is C17H24N2O4. The summed E-state index contributed by atoms with van der Waals surface area (Å²) in [5, 5.41) is 2.45. The van der Waals surface area contributed by atoms with Crippen molar-refractivity contribution in [2.45, 2.75) is 41.5 Å². The van der Waals surface area contributed by atoms with E-state index in [-0.39, 0.29) is 17.5 Å². The zero-order chi connectivity index (χ0) is 17.7. The molecular weight excluding hydrogens is 296 g/mol. The summed E-state index contributed by atoms with van der Waals surface area (Å²) in [5.41, 5.74) is 1.39. The number of hydrogen-bond acceptors (Lipinski definition) is 4. The second kappa shape index (κ2) is 7.76. The number of hydrogen-bond donors (Lipinski definition) is 1. The Bertz CT molecular complexity index is 697. The van der Waals surface area contributed by atoms with E-state index in [9.17, 15) is 14.4 Å². The van der Waals surface area contributed by atoms with Crippen LogP contribution >= 0.6 is 0 Å². The molecule has 0 saturated carbocycles. The van der Waals surface area contributed by atoms with Gasteiger partial charge < -0.3 is 14.6 Å². The highest BCUT2D eigenvalue weighted by atomic mass is 16.4. The number of carbonyl (C=O) groups is 2. The van der Waals surface area contributed by atoms with E-state index in [0.29, 0.717) is 30.0 Å². The SMILES string of the molecule is CCN(CC)C(=O)/C(C)=C(/C)c1cc(NC(C)=O)c(=O)oc1C. The number of allylic oxidation sites excluding steroid dienone is 1. The molecule has 6 nitrogen and oxygen atoms in total. The average molecular weight is 320 g/mol. The number of anilines is 1. The standard InChI is InChI=1S/C17H24N2O4/c1-7-19(8-2)16(21)11(4)10(3)14-9-15(18-13(6)20)17(22)23-12(14)5/h9H,7-8H2,1-6H3,(H,18,20)/b11-10-. The van der Waals surface area contributed by atoms with Crippen LogP contribution in [0.15, 0.2) is 20.9 Å². The van der Waals surface area contributed by atoms with Gasteiger partial charge in [0.2, 0.25) is 11.8 Å². The maximum atomic E-state index is 12.5. The molecule has 1 heterocycles. The first-order valence-electron chi connectivity index (χ1n) is 7.62. The Morgan fingerprint density at radius 2 is 1.74 bits per heavy atom. The third-order valence-corrected chi connectivity index (χ3v) is 3.78. The van der Waals surface area contributed by atoms with E-state index in [0.717, 1.165) is 5.57 Å². The van der Waals surface area contributed by atoms with Crippen LogP contribution in [-0.2, 0) is 9.59 Å². The highest BCUT2D eigenvalue weighted by molar-refractivity contribution is 6.00. The van der Waals surface area contributed by atoms with E-state index >= 15 is 0 Å². The minimum atomic E-state index is -0.609. The summed E-state index contributed by atoms with van der Waals surface area (Å²) >= 11 is 0. The van der Waals surface area contributed by atoms with Crippen molar-refractivity contribution in [2.24, 2.45) is 0 Å². The molecule has 6 heteroatoms. The van der Waals surface area contributed by atoms with Crippen LogP contribution in [0.4, 0.5) is 5.69 Å². The number of nitrogens with zero attached hydrogens (tertiary/aromatic N) is 1. The lowest BCUT2D eigenvalue weighted by atomic mass is 10.0. The van der Waals surface area contributed by atoms with Gasteiger partial charge in [-0.15, -0.1) is 0 Å². The van der Waals surface area contributed by atoms with E-state index in [1.165, 1.54) is 6.92 Å². The molecule has 0 saturated heterocycles. The van der Waals surface area contributed by atoms with Gasteiger partial charge in [-0.3, -0.25) is 9.59 Å². The summed E-state index contributed by atoms with van der Waals surface area (Å²) in [6.45, 7) is 11.6. The molecule has 2 amide bonds. The lowest BCUT2D eigenvalue weighted by Crippen LogP contribution is -2.31. The van der Waals surface area contributed by atoms with E-state index < -0.39 is 5.63 Å². The van der Waals surface area contributed by atoms with Crippen LogP contribution in [0.5, 0.6) is 0 Å². The summed E-state index contributed by atoms with van der Waals surface area (Å²) in [7, 11) is 0. The number of nitrogens with one attached hydrogen (secondary N) is 1. The van der Waals surface area contributed by atoms with Crippen molar-refractivity contribution in [1.82, 2.24) is 4.90 Å². The fourth-order valence-corrected chi connectivity index (χ4v) is 2.31. The average Bonchev–Trinajstić information content (AvgIpc) is 2.49. The van der Waals surface area contributed by atoms with E-state index in [1.54, 1.807) is 31.7 Å².